The summed E-state index contributed by atoms with van der Waals surface area (Å²) >= 11 is 0. The highest BCUT2D eigenvalue weighted by Crippen LogP contribution is 2.35. The standard InChI is InChI=1S/C28H55O8P/c1-24(2)18-14-10-6-5-7-13-17-21-28(30)36-26(23-35-37(31,32)33)22-34-27(29)20-16-12-9-8-11-15-19-25(3)4/h24-26H,5-23H2,1-4H3,(H2,31,32,33)/t26-/m1/s1. The van der Waals surface area contributed by atoms with Crippen molar-refractivity contribution >= 4 is 19.8 Å². The maximum absolute atomic E-state index is 12.2. The average Bonchev–Trinajstić information content (AvgIpc) is 2.80. The van der Waals surface area contributed by atoms with Crippen LogP contribution >= 0.6 is 7.82 Å². The van der Waals surface area contributed by atoms with Crippen LogP contribution in [0.3, 0.4) is 0 Å². The first-order valence-electron chi connectivity index (χ1n) is 14.5. The van der Waals surface area contributed by atoms with Crippen LogP contribution in [0.25, 0.3) is 0 Å². The van der Waals surface area contributed by atoms with Gasteiger partial charge in [-0.25, -0.2) is 4.57 Å². The fraction of sp³-hybridized carbons (Fsp3) is 0.929. The van der Waals surface area contributed by atoms with Gasteiger partial charge in [0.1, 0.15) is 6.61 Å². The molecule has 0 saturated carbocycles. The predicted octanol–water partition coefficient (Wildman–Crippen LogP) is 7.49. The van der Waals surface area contributed by atoms with E-state index < -0.39 is 32.5 Å². The lowest BCUT2D eigenvalue weighted by molar-refractivity contribution is -0.161. The molecule has 220 valence electrons. The smallest absolute Gasteiger partial charge is 0.462 e. The molecule has 9 heteroatoms. The molecule has 1 atom stereocenters. The minimum atomic E-state index is -4.73. The SMILES string of the molecule is CC(C)CCCCCCCCCC(=O)O[C@H](COC(=O)CCCCCCCCC(C)C)COP(=O)(O)O. The summed E-state index contributed by atoms with van der Waals surface area (Å²) < 4.78 is 26.0. The Kier molecular flexibility index (Phi) is 22.4. The monoisotopic (exact) mass is 550 g/mol. The van der Waals surface area contributed by atoms with Gasteiger partial charge in [0.05, 0.1) is 6.61 Å². The van der Waals surface area contributed by atoms with Gasteiger partial charge in [0, 0.05) is 12.8 Å². The minimum absolute atomic E-state index is 0.213. The Labute approximate surface area is 225 Å². The first kappa shape index (κ1) is 36.0. The van der Waals surface area contributed by atoms with E-state index in [1.165, 1.54) is 44.9 Å². The third-order valence-electron chi connectivity index (χ3n) is 6.23. The lowest BCUT2D eigenvalue weighted by Crippen LogP contribution is -2.29. The van der Waals surface area contributed by atoms with Crippen LogP contribution in [-0.4, -0.2) is 41.0 Å². The Morgan fingerprint density at radius 3 is 1.46 bits per heavy atom. The van der Waals surface area contributed by atoms with Gasteiger partial charge in [-0.1, -0.05) is 111 Å². The summed E-state index contributed by atoms with van der Waals surface area (Å²) in [5.41, 5.74) is 0. The summed E-state index contributed by atoms with van der Waals surface area (Å²) in [5.74, 6) is 0.601. The van der Waals surface area contributed by atoms with Crippen molar-refractivity contribution in [3.63, 3.8) is 0 Å². The van der Waals surface area contributed by atoms with Gasteiger partial charge in [-0.2, -0.15) is 0 Å². The molecule has 0 aromatic carbocycles. The molecule has 0 saturated heterocycles. The average molecular weight is 551 g/mol. The van der Waals surface area contributed by atoms with Crippen LogP contribution in [0.2, 0.25) is 0 Å². The number of phosphoric ester groups is 1. The number of carbonyl (C=O) groups is 2. The molecule has 0 fully saturated rings. The zero-order chi connectivity index (χ0) is 27.9. The van der Waals surface area contributed by atoms with Crippen LogP contribution in [0.4, 0.5) is 0 Å². The van der Waals surface area contributed by atoms with Gasteiger partial charge in [-0.05, 0) is 24.7 Å². The number of rotatable bonds is 25. The van der Waals surface area contributed by atoms with Gasteiger partial charge in [-0.3, -0.25) is 14.1 Å². The van der Waals surface area contributed by atoms with E-state index >= 15 is 0 Å². The van der Waals surface area contributed by atoms with Crippen LogP contribution in [0.15, 0.2) is 0 Å². The fourth-order valence-corrected chi connectivity index (χ4v) is 4.39. The Bertz CT molecular complexity index is 617. The normalized spacial score (nSPS) is 12.8. The summed E-state index contributed by atoms with van der Waals surface area (Å²) in [6, 6.07) is 0. The molecule has 0 aliphatic rings. The zero-order valence-corrected chi connectivity index (χ0v) is 24.9. The largest absolute Gasteiger partial charge is 0.469 e. The van der Waals surface area contributed by atoms with E-state index in [0.717, 1.165) is 56.8 Å². The third-order valence-corrected chi connectivity index (χ3v) is 6.72. The second kappa shape index (κ2) is 23.0. The van der Waals surface area contributed by atoms with Gasteiger partial charge in [-0.15, -0.1) is 0 Å². The topological polar surface area (TPSA) is 119 Å². The second-order valence-corrected chi connectivity index (χ2v) is 12.3. The van der Waals surface area contributed by atoms with E-state index in [1.807, 2.05) is 0 Å². The Balaban J connectivity index is 4.10. The Hall–Kier alpha value is -0.950. The second-order valence-electron chi connectivity index (χ2n) is 11.0. The van der Waals surface area contributed by atoms with Gasteiger partial charge in [0.2, 0.25) is 0 Å². The van der Waals surface area contributed by atoms with Crippen molar-refractivity contribution in [1.29, 1.82) is 0 Å². The molecular formula is C28H55O8P. The van der Waals surface area contributed by atoms with Crippen molar-refractivity contribution in [2.45, 2.75) is 143 Å². The summed E-state index contributed by atoms with van der Waals surface area (Å²) in [6.45, 7) is 8.13. The summed E-state index contributed by atoms with van der Waals surface area (Å²) in [7, 11) is -4.73. The quantitative estimate of drug-likeness (QED) is 0.0681. The molecule has 0 amide bonds. The van der Waals surface area contributed by atoms with E-state index in [-0.39, 0.29) is 19.4 Å². The van der Waals surface area contributed by atoms with Crippen molar-refractivity contribution in [2.75, 3.05) is 13.2 Å². The highest BCUT2D eigenvalue weighted by atomic mass is 31.2. The van der Waals surface area contributed by atoms with Crippen molar-refractivity contribution in [1.82, 2.24) is 0 Å². The maximum atomic E-state index is 12.2. The molecule has 2 N–H and O–H groups in total. The van der Waals surface area contributed by atoms with E-state index in [1.54, 1.807) is 0 Å². The van der Waals surface area contributed by atoms with Crippen LogP contribution in [0, 0.1) is 11.8 Å². The number of hydrogen-bond donors (Lipinski definition) is 2. The molecule has 0 rings (SSSR count). The molecule has 0 radical (unpaired) electrons. The van der Waals surface area contributed by atoms with Crippen molar-refractivity contribution in [2.24, 2.45) is 11.8 Å². The van der Waals surface area contributed by atoms with Crippen LogP contribution in [0.5, 0.6) is 0 Å². The first-order chi connectivity index (χ1) is 17.5. The number of hydrogen-bond acceptors (Lipinski definition) is 6. The predicted molar refractivity (Wildman–Crippen MR) is 147 cm³/mol. The van der Waals surface area contributed by atoms with Crippen molar-refractivity contribution in [3.8, 4) is 0 Å². The number of carbonyl (C=O) groups excluding carboxylic acids is 2. The number of esters is 2. The molecule has 0 unspecified atom stereocenters. The van der Waals surface area contributed by atoms with Crippen molar-refractivity contribution < 1.29 is 37.9 Å². The molecule has 0 spiro atoms. The number of ether oxygens (including phenoxy) is 2. The summed E-state index contributed by atoms with van der Waals surface area (Å²) in [5, 5.41) is 0. The van der Waals surface area contributed by atoms with E-state index in [2.05, 4.69) is 32.2 Å². The molecule has 8 nitrogen and oxygen atoms in total. The molecule has 0 heterocycles. The minimum Gasteiger partial charge on any atom is -0.462 e. The Morgan fingerprint density at radius 1 is 0.622 bits per heavy atom. The van der Waals surface area contributed by atoms with E-state index in [9.17, 15) is 14.2 Å². The van der Waals surface area contributed by atoms with Crippen LogP contribution in [-0.2, 0) is 28.2 Å². The molecule has 37 heavy (non-hydrogen) atoms. The highest BCUT2D eigenvalue weighted by molar-refractivity contribution is 7.46. The summed E-state index contributed by atoms with van der Waals surface area (Å²) in [6.07, 6.45) is 15.9. The highest BCUT2D eigenvalue weighted by Gasteiger charge is 2.22. The molecule has 0 aromatic heterocycles. The maximum Gasteiger partial charge on any atom is 0.469 e. The summed E-state index contributed by atoms with van der Waals surface area (Å²) in [4.78, 5) is 42.2. The molecule has 0 aromatic rings. The molecule has 0 aliphatic carbocycles. The first-order valence-corrected chi connectivity index (χ1v) is 16.1. The lowest BCUT2D eigenvalue weighted by Gasteiger charge is -2.18. The molecular weight excluding hydrogens is 495 g/mol. The van der Waals surface area contributed by atoms with E-state index in [4.69, 9.17) is 19.3 Å². The molecule has 0 aliphatic heterocycles. The number of phosphoric acid groups is 1. The molecule has 0 bridgehead atoms. The van der Waals surface area contributed by atoms with Gasteiger partial charge in [0.15, 0.2) is 6.10 Å². The van der Waals surface area contributed by atoms with E-state index in [0.29, 0.717) is 6.42 Å². The zero-order valence-electron chi connectivity index (χ0n) is 24.0. The van der Waals surface area contributed by atoms with Crippen LogP contribution in [0.1, 0.15) is 137 Å². The Morgan fingerprint density at radius 2 is 1.03 bits per heavy atom. The van der Waals surface area contributed by atoms with Gasteiger partial charge >= 0.3 is 19.8 Å². The van der Waals surface area contributed by atoms with Gasteiger partial charge in [0.25, 0.3) is 0 Å². The van der Waals surface area contributed by atoms with Crippen molar-refractivity contribution in [3.05, 3.63) is 0 Å². The fourth-order valence-electron chi connectivity index (χ4n) is 4.03. The lowest BCUT2D eigenvalue weighted by atomic mass is 10.0. The number of unbranched alkanes of at least 4 members (excludes halogenated alkanes) is 11. The third kappa shape index (κ3) is 27.9. The van der Waals surface area contributed by atoms with Gasteiger partial charge < -0.3 is 19.3 Å². The van der Waals surface area contributed by atoms with Crippen LogP contribution < -0.4 is 0 Å².